The van der Waals surface area contributed by atoms with Crippen LogP contribution >= 0.6 is 7.28 Å². The zero-order valence-electron chi connectivity index (χ0n) is 4.50. The van der Waals surface area contributed by atoms with Crippen molar-refractivity contribution in [1.82, 2.24) is 0 Å². The van der Waals surface area contributed by atoms with Gasteiger partial charge in [-0.1, -0.05) is 0 Å². The fourth-order valence-electron chi connectivity index (χ4n) is 0. The Morgan fingerprint density at radius 1 is 1.25 bits per heavy atom. The Bertz CT molecular complexity index is 67.1. The molecule has 0 spiro atoms. The van der Waals surface area contributed by atoms with Crippen LogP contribution in [0.4, 0.5) is 0 Å². The molecule has 3 nitrogen and oxygen atoms in total. The molecule has 0 saturated carbocycles. The molecule has 0 aromatic heterocycles. The van der Waals surface area contributed by atoms with E-state index in [1.165, 1.54) is 6.92 Å². The fourth-order valence-corrected chi connectivity index (χ4v) is 0. The molecule has 0 aliphatic rings. The van der Waals surface area contributed by atoms with Crippen LogP contribution in [0.2, 0.25) is 0 Å². The third-order valence-electron chi connectivity index (χ3n) is 0.740. The molecular weight excluding hydrogens is 155 g/mol. The molecule has 0 radical (unpaired) electrons. The van der Waals surface area contributed by atoms with Crippen LogP contribution in [0.25, 0.3) is 0 Å². The van der Waals surface area contributed by atoms with Crippen molar-refractivity contribution in [1.29, 1.82) is 0 Å². The predicted octanol–water partition coefficient (Wildman–Crippen LogP) is -1.00. The first kappa shape index (κ1) is 12.3. The molecule has 0 fully saturated rings. The quantitative estimate of drug-likeness (QED) is 0.347. The number of hydrogen-bond acceptors (Lipinski definition) is 3. The molecule has 0 unspecified atom stereocenters. The minimum atomic E-state index is -4.08. The Hall–Kier alpha value is 1.57. The average Bonchev–Trinajstić information content (AvgIpc) is 1.32. The Morgan fingerprint density at radius 2 is 1.38 bits per heavy atom. The number of hydrogen-bond donors (Lipinski definition) is 3. The van der Waals surface area contributed by atoms with E-state index >= 15 is 0 Å². The third kappa shape index (κ3) is 10.5. The maximum absolute atomic E-state index is 8.53. The van der Waals surface area contributed by atoms with Crippen molar-refractivity contribution in [3.63, 3.8) is 0 Å². The third-order valence-corrected chi connectivity index (χ3v) is 2.22. The van der Waals surface area contributed by atoms with Crippen molar-refractivity contribution in [2.75, 3.05) is 12.8 Å². The van der Waals surface area contributed by atoms with Gasteiger partial charge in [0.15, 0.2) is 0 Å². The van der Waals surface area contributed by atoms with Crippen molar-refractivity contribution in [2.24, 2.45) is 0 Å². The van der Waals surface area contributed by atoms with Crippen molar-refractivity contribution < 1.29 is 14.7 Å². The summed E-state index contributed by atoms with van der Waals surface area (Å²) in [5, 5.41) is 0. The second-order valence-corrected chi connectivity index (χ2v) is 5.78. The van der Waals surface area contributed by atoms with E-state index in [-0.39, 0.29) is 43.9 Å². The van der Waals surface area contributed by atoms with Crippen LogP contribution in [0.15, 0.2) is 0 Å². The summed E-state index contributed by atoms with van der Waals surface area (Å²) in [6.45, 7) is 2.59. The Morgan fingerprint density at radius 3 is 1.38 bits per heavy atom. The van der Waals surface area contributed by atoms with Gasteiger partial charge in [-0.2, -0.15) is 0 Å². The molecule has 0 aliphatic carbocycles. The molecule has 0 aromatic carbocycles. The van der Waals surface area contributed by atoms with Crippen LogP contribution in [0, 0.1) is 0 Å². The molecule has 0 saturated heterocycles. The molecule has 50 valence electrons. The van der Waals surface area contributed by atoms with Crippen LogP contribution in [0.3, 0.4) is 0 Å². The van der Waals surface area contributed by atoms with Gasteiger partial charge < -0.3 is 0 Å². The van der Waals surface area contributed by atoms with Gasteiger partial charge in [-0.3, -0.25) is 0 Å². The molecule has 0 aliphatic heterocycles. The van der Waals surface area contributed by atoms with Crippen LogP contribution in [-0.2, 0) is 0 Å². The summed E-state index contributed by atoms with van der Waals surface area (Å²) in [4.78, 5) is 25.6. The van der Waals surface area contributed by atoms with E-state index in [1.807, 2.05) is 0 Å². The first-order chi connectivity index (χ1) is 2.81. The molecule has 8 heavy (non-hydrogen) atoms. The normalized spacial score (nSPS) is 15.9. The van der Waals surface area contributed by atoms with Gasteiger partial charge >= 0.3 is 79.5 Å². The molecule has 0 bridgehead atoms. The first-order valence-corrected chi connectivity index (χ1v) is 4.80. The molecule has 0 heterocycles. The van der Waals surface area contributed by atoms with Crippen LogP contribution < -0.4 is 0 Å². The number of rotatable bonds is 1. The summed E-state index contributed by atoms with van der Waals surface area (Å²) in [5.41, 5.74) is 0. The van der Waals surface area contributed by atoms with Crippen LogP contribution in [0.5, 0.6) is 0 Å². The standard InChI is InChI=1S/C3H11O3P.Ca.2H/c1-3-7(2,4,5)6;;;/h4-6H,3H2,1-2H3;;;. The van der Waals surface area contributed by atoms with Crippen LogP contribution in [0.1, 0.15) is 6.92 Å². The summed E-state index contributed by atoms with van der Waals surface area (Å²) in [6.07, 6.45) is 0.0333. The molecule has 0 atom stereocenters. The molecular formula is C3H13CaO3P. The predicted molar refractivity (Wildman–Crippen MR) is 38.6 cm³/mol. The Kier molecular flexibility index (Phi) is 4.76. The van der Waals surface area contributed by atoms with E-state index < -0.39 is 7.28 Å². The molecule has 0 aromatic rings. The Labute approximate surface area is 78.9 Å². The average molecular weight is 168 g/mol. The monoisotopic (exact) mass is 168 g/mol. The summed E-state index contributed by atoms with van der Waals surface area (Å²) < 4.78 is 0. The molecule has 3 N–H and O–H groups in total. The summed E-state index contributed by atoms with van der Waals surface area (Å²) in [6, 6.07) is 0. The Balaban J connectivity index is 0. The van der Waals surface area contributed by atoms with Crippen LogP contribution in [-0.4, -0.2) is 65.2 Å². The molecule has 0 rings (SSSR count). The van der Waals surface area contributed by atoms with E-state index in [0.717, 1.165) is 6.66 Å². The second kappa shape index (κ2) is 3.11. The van der Waals surface area contributed by atoms with Gasteiger partial charge in [0.25, 0.3) is 0 Å². The summed E-state index contributed by atoms with van der Waals surface area (Å²) in [7, 11) is -4.08. The zero-order chi connectivity index (χ0) is 6.15. The summed E-state index contributed by atoms with van der Waals surface area (Å²) in [5.74, 6) is 0. The van der Waals surface area contributed by atoms with Crippen molar-refractivity contribution in [3.05, 3.63) is 0 Å². The fraction of sp³-hybridized carbons (Fsp3) is 1.00. The summed E-state index contributed by atoms with van der Waals surface area (Å²) >= 11 is 0. The van der Waals surface area contributed by atoms with E-state index in [1.54, 1.807) is 0 Å². The van der Waals surface area contributed by atoms with Crippen molar-refractivity contribution in [3.8, 4) is 0 Å². The SMILES string of the molecule is CCP(C)(O)(O)O.[CaH2]. The van der Waals surface area contributed by atoms with Gasteiger partial charge in [-0.25, -0.2) is 0 Å². The molecule has 5 heteroatoms. The van der Waals surface area contributed by atoms with Gasteiger partial charge in [0.05, 0.1) is 0 Å². The minimum absolute atomic E-state index is 0. The van der Waals surface area contributed by atoms with E-state index in [0.29, 0.717) is 0 Å². The molecule has 0 amide bonds. The van der Waals surface area contributed by atoms with Crippen molar-refractivity contribution >= 4 is 45.0 Å². The topological polar surface area (TPSA) is 60.7 Å². The van der Waals surface area contributed by atoms with Gasteiger partial charge in [0, 0.05) is 0 Å². The second-order valence-electron chi connectivity index (χ2n) is 1.93. The van der Waals surface area contributed by atoms with E-state index in [9.17, 15) is 0 Å². The maximum atomic E-state index is 8.53. The van der Waals surface area contributed by atoms with E-state index in [2.05, 4.69) is 0 Å². The van der Waals surface area contributed by atoms with Gasteiger partial charge in [0.1, 0.15) is 0 Å². The van der Waals surface area contributed by atoms with Gasteiger partial charge in [-0.05, 0) is 0 Å². The van der Waals surface area contributed by atoms with Gasteiger partial charge in [-0.15, -0.1) is 0 Å². The zero-order valence-corrected chi connectivity index (χ0v) is 5.39. The van der Waals surface area contributed by atoms with E-state index in [4.69, 9.17) is 14.7 Å². The van der Waals surface area contributed by atoms with Gasteiger partial charge in [0.2, 0.25) is 0 Å². The van der Waals surface area contributed by atoms with Crippen molar-refractivity contribution in [2.45, 2.75) is 6.92 Å². The first-order valence-electron chi connectivity index (χ1n) is 2.07.